The second-order valence-corrected chi connectivity index (χ2v) is 4.74. The first-order valence-electron chi connectivity index (χ1n) is 6.20. The molecule has 0 aromatic heterocycles. The minimum absolute atomic E-state index is 0.0594. The van der Waals surface area contributed by atoms with Gasteiger partial charge in [-0.25, -0.2) is 0 Å². The molecule has 0 aromatic rings. The van der Waals surface area contributed by atoms with Gasteiger partial charge in [0.15, 0.2) is 0 Å². The van der Waals surface area contributed by atoms with Gasteiger partial charge < -0.3 is 19.1 Å². The van der Waals surface area contributed by atoms with Crippen molar-refractivity contribution in [1.82, 2.24) is 4.90 Å². The quantitative estimate of drug-likeness (QED) is 0.696. The smallest absolute Gasteiger partial charge is 0.248 e. The molecule has 0 saturated carbocycles. The van der Waals surface area contributed by atoms with Crippen LogP contribution in [0.5, 0.6) is 0 Å². The van der Waals surface area contributed by atoms with Gasteiger partial charge in [0.25, 0.3) is 0 Å². The summed E-state index contributed by atoms with van der Waals surface area (Å²) in [5.41, 5.74) is -0.141. The molecule has 1 amide bonds. The predicted molar refractivity (Wildman–Crippen MR) is 61.7 cm³/mol. The van der Waals surface area contributed by atoms with Gasteiger partial charge in [0.05, 0.1) is 19.7 Å². The van der Waals surface area contributed by atoms with Crippen molar-refractivity contribution in [1.29, 1.82) is 0 Å². The zero-order valence-electron chi connectivity index (χ0n) is 10.6. The van der Waals surface area contributed by atoms with E-state index in [4.69, 9.17) is 14.2 Å². The summed E-state index contributed by atoms with van der Waals surface area (Å²) in [5, 5.41) is 0. The lowest BCUT2D eigenvalue weighted by atomic mass is 9.81. The zero-order chi connectivity index (χ0) is 12.3. The van der Waals surface area contributed by atoms with Crippen LogP contribution in [0.3, 0.4) is 0 Å². The Morgan fingerprint density at radius 2 is 2.29 bits per heavy atom. The molecule has 0 unspecified atom stereocenters. The molecule has 98 valence electrons. The fourth-order valence-corrected chi connectivity index (χ4v) is 2.63. The van der Waals surface area contributed by atoms with E-state index in [0.29, 0.717) is 32.2 Å². The number of carbonyl (C=O) groups excluding carboxylic acids is 1. The summed E-state index contributed by atoms with van der Waals surface area (Å²) in [6, 6.07) is 0. The summed E-state index contributed by atoms with van der Waals surface area (Å²) < 4.78 is 16.1. The second kappa shape index (κ2) is 5.33. The molecule has 0 aliphatic carbocycles. The molecule has 0 N–H and O–H groups in total. The number of methoxy groups -OCH3 is 1. The van der Waals surface area contributed by atoms with Crippen molar-refractivity contribution in [3.05, 3.63) is 0 Å². The second-order valence-electron chi connectivity index (χ2n) is 4.74. The van der Waals surface area contributed by atoms with Gasteiger partial charge in [0.1, 0.15) is 12.2 Å². The largest absolute Gasteiger partial charge is 0.384 e. The average molecular weight is 243 g/mol. The Labute approximate surface area is 102 Å². The molecule has 1 spiro atoms. The maximum atomic E-state index is 11.7. The number of amides is 1. The molecular formula is C12H21NO4. The molecule has 0 aromatic carbocycles. The molecule has 0 bridgehead atoms. The average Bonchev–Trinajstić information content (AvgIpc) is 2.68. The Morgan fingerprint density at radius 1 is 1.53 bits per heavy atom. The molecule has 2 fully saturated rings. The third-order valence-electron chi connectivity index (χ3n) is 3.67. The van der Waals surface area contributed by atoms with Crippen molar-refractivity contribution in [3.8, 4) is 0 Å². The lowest BCUT2D eigenvalue weighted by Gasteiger charge is -2.50. The molecule has 17 heavy (non-hydrogen) atoms. The third-order valence-corrected chi connectivity index (χ3v) is 3.67. The summed E-state index contributed by atoms with van der Waals surface area (Å²) in [7, 11) is 1.71. The van der Waals surface area contributed by atoms with Gasteiger partial charge in [-0.1, -0.05) is 0 Å². The maximum Gasteiger partial charge on any atom is 0.248 e. The normalized spacial score (nSPS) is 26.2. The first-order chi connectivity index (χ1) is 8.22. The summed E-state index contributed by atoms with van der Waals surface area (Å²) in [6.07, 6.45) is 1.03. The first kappa shape index (κ1) is 12.8. The number of nitrogens with zero attached hydrogens (tertiary/aromatic N) is 1. The molecule has 2 aliphatic heterocycles. The Kier molecular flexibility index (Phi) is 4.01. The number of likely N-dealkylation sites (tertiary alicyclic amines) is 1. The standard InChI is InChI=1S/C12H21NO4/c1-3-16-7-11(14)13-8-12(9-13)10(6-15-2)4-5-17-12/h10H,3-9H2,1-2H3/t10-/m1/s1. The summed E-state index contributed by atoms with van der Waals surface area (Å²) in [5.74, 6) is 0.479. The lowest BCUT2D eigenvalue weighted by Crippen LogP contribution is -2.67. The molecule has 1 atom stereocenters. The van der Waals surface area contributed by atoms with Crippen LogP contribution in [0, 0.1) is 5.92 Å². The van der Waals surface area contributed by atoms with Crippen molar-refractivity contribution >= 4 is 5.91 Å². The molecule has 2 aliphatic rings. The van der Waals surface area contributed by atoms with Gasteiger partial charge in [0, 0.05) is 26.2 Å². The molecular weight excluding hydrogens is 222 g/mol. The number of hydrogen-bond donors (Lipinski definition) is 0. The van der Waals surface area contributed by atoms with E-state index < -0.39 is 0 Å². The summed E-state index contributed by atoms with van der Waals surface area (Å²) in [6.45, 7) is 5.52. The number of rotatable bonds is 5. The highest BCUT2D eigenvalue weighted by atomic mass is 16.5. The van der Waals surface area contributed by atoms with Gasteiger partial charge in [-0.3, -0.25) is 4.79 Å². The van der Waals surface area contributed by atoms with Crippen molar-refractivity contribution in [2.75, 3.05) is 46.6 Å². The highest BCUT2D eigenvalue weighted by Gasteiger charge is 2.54. The third kappa shape index (κ3) is 2.46. The number of hydrogen-bond acceptors (Lipinski definition) is 4. The highest BCUT2D eigenvalue weighted by Crippen LogP contribution is 2.39. The van der Waals surface area contributed by atoms with E-state index in [0.717, 1.165) is 13.0 Å². The molecule has 5 nitrogen and oxygen atoms in total. The zero-order valence-corrected chi connectivity index (χ0v) is 10.6. The van der Waals surface area contributed by atoms with Crippen molar-refractivity contribution < 1.29 is 19.0 Å². The van der Waals surface area contributed by atoms with Crippen LogP contribution in [0.2, 0.25) is 0 Å². The minimum Gasteiger partial charge on any atom is -0.384 e. The summed E-state index contributed by atoms with van der Waals surface area (Å²) in [4.78, 5) is 13.5. The van der Waals surface area contributed by atoms with Gasteiger partial charge in [-0.15, -0.1) is 0 Å². The first-order valence-corrected chi connectivity index (χ1v) is 6.20. The van der Waals surface area contributed by atoms with Crippen molar-refractivity contribution in [3.63, 3.8) is 0 Å². The Bertz CT molecular complexity index is 276. The van der Waals surface area contributed by atoms with E-state index in [-0.39, 0.29) is 18.1 Å². The summed E-state index contributed by atoms with van der Waals surface area (Å²) >= 11 is 0. The van der Waals surface area contributed by atoms with Crippen LogP contribution >= 0.6 is 0 Å². The molecule has 2 rings (SSSR count). The van der Waals surface area contributed by atoms with Gasteiger partial charge in [-0.05, 0) is 13.3 Å². The molecule has 2 heterocycles. The Hall–Kier alpha value is -0.650. The Morgan fingerprint density at radius 3 is 2.94 bits per heavy atom. The van der Waals surface area contributed by atoms with Gasteiger partial charge in [-0.2, -0.15) is 0 Å². The monoisotopic (exact) mass is 243 g/mol. The van der Waals surface area contributed by atoms with Crippen LogP contribution in [0.25, 0.3) is 0 Å². The van der Waals surface area contributed by atoms with E-state index in [9.17, 15) is 4.79 Å². The van der Waals surface area contributed by atoms with Crippen LogP contribution in [-0.4, -0.2) is 63.0 Å². The fraction of sp³-hybridized carbons (Fsp3) is 0.917. The predicted octanol–water partition coefficient (Wildman–Crippen LogP) is 0.287. The maximum absolute atomic E-state index is 11.7. The lowest BCUT2D eigenvalue weighted by molar-refractivity contribution is -0.171. The van der Waals surface area contributed by atoms with Crippen LogP contribution in [0.4, 0.5) is 0 Å². The van der Waals surface area contributed by atoms with E-state index in [2.05, 4.69) is 0 Å². The fourth-order valence-electron chi connectivity index (χ4n) is 2.63. The van der Waals surface area contributed by atoms with Crippen molar-refractivity contribution in [2.24, 2.45) is 5.92 Å². The molecule has 5 heteroatoms. The Balaban J connectivity index is 1.82. The van der Waals surface area contributed by atoms with Crippen LogP contribution in [0.1, 0.15) is 13.3 Å². The van der Waals surface area contributed by atoms with E-state index in [1.54, 1.807) is 7.11 Å². The van der Waals surface area contributed by atoms with Gasteiger partial charge in [0.2, 0.25) is 5.91 Å². The van der Waals surface area contributed by atoms with Crippen LogP contribution in [-0.2, 0) is 19.0 Å². The highest BCUT2D eigenvalue weighted by molar-refractivity contribution is 5.78. The SMILES string of the molecule is CCOCC(=O)N1CC2(C1)OCC[C@@H]2COC. The molecule has 0 radical (unpaired) electrons. The van der Waals surface area contributed by atoms with E-state index in [1.807, 2.05) is 11.8 Å². The van der Waals surface area contributed by atoms with Crippen molar-refractivity contribution in [2.45, 2.75) is 18.9 Å². The minimum atomic E-state index is -0.141. The number of ether oxygens (including phenoxy) is 3. The molecule has 2 saturated heterocycles. The van der Waals surface area contributed by atoms with Gasteiger partial charge >= 0.3 is 0 Å². The van der Waals surface area contributed by atoms with Crippen LogP contribution < -0.4 is 0 Å². The van der Waals surface area contributed by atoms with E-state index in [1.165, 1.54) is 0 Å². The number of carbonyl (C=O) groups is 1. The topological polar surface area (TPSA) is 48.0 Å². The van der Waals surface area contributed by atoms with E-state index >= 15 is 0 Å². The van der Waals surface area contributed by atoms with Crippen LogP contribution in [0.15, 0.2) is 0 Å².